The third-order valence-electron chi connectivity index (χ3n) is 7.20. The van der Waals surface area contributed by atoms with Gasteiger partial charge in [0.25, 0.3) is 0 Å². The normalized spacial score (nSPS) is 39.1. The van der Waals surface area contributed by atoms with E-state index < -0.39 is 60.9 Å². The van der Waals surface area contributed by atoms with Gasteiger partial charge < -0.3 is 38.6 Å². The Balaban J connectivity index is 1.91. The van der Waals surface area contributed by atoms with Gasteiger partial charge in [-0.25, -0.2) is 4.79 Å². The molecule has 0 aliphatic carbocycles. The summed E-state index contributed by atoms with van der Waals surface area (Å²) < 4.78 is 34.2. The molecular formula is C27H39ClO10. The number of aliphatic hydroxyl groups excluding tert-OH is 2. The Morgan fingerprint density at radius 1 is 1.16 bits per heavy atom. The number of hydrogen-bond donors (Lipinski definition) is 2. The molecular weight excluding hydrogens is 520 g/mol. The molecule has 3 aliphatic heterocycles. The van der Waals surface area contributed by atoms with Crippen LogP contribution >= 0.6 is 11.6 Å². The van der Waals surface area contributed by atoms with Crippen LogP contribution in [0.1, 0.15) is 33.1 Å². The van der Waals surface area contributed by atoms with Crippen LogP contribution in [-0.2, 0) is 38.0 Å². The molecule has 0 aromatic heterocycles. The molecule has 11 heteroatoms. The molecule has 3 heterocycles. The van der Waals surface area contributed by atoms with Crippen molar-refractivity contribution >= 4 is 23.5 Å². The third kappa shape index (κ3) is 7.44. The molecule has 0 aromatic carbocycles. The van der Waals surface area contributed by atoms with Gasteiger partial charge in [-0.05, 0) is 24.3 Å². The Hall–Kier alpha value is -1.79. The number of fused-ring (bicyclic) bond motifs is 4. The number of ether oxygens (including phenoxy) is 6. The molecule has 38 heavy (non-hydrogen) atoms. The lowest BCUT2D eigenvalue weighted by Gasteiger charge is -2.27. The zero-order valence-electron chi connectivity index (χ0n) is 22.4. The Morgan fingerprint density at radius 3 is 2.55 bits per heavy atom. The minimum atomic E-state index is -1.23. The van der Waals surface area contributed by atoms with Gasteiger partial charge >= 0.3 is 11.9 Å². The largest absolute Gasteiger partial charge is 0.469 e. The summed E-state index contributed by atoms with van der Waals surface area (Å²) in [4.78, 5) is 24.9. The van der Waals surface area contributed by atoms with Crippen molar-refractivity contribution in [3.63, 3.8) is 0 Å². The number of carbonyl (C=O) groups excluding carboxylic acids is 2. The van der Waals surface area contributed by atoms with Crippen molar-refractivity contribution in [3.05, 3.63) is 35.4 Å². The van der Waals surface area contributed by atoms with Crippen LogP contribution in [0.3, 0.4) is 0 Å². The highest BCUT2D eigenvalue weighted by Crippen LogP contribution is 2.36. The molecule has 0 aromatic rings. The Morgan fingerprint density at radius 2 is 1.89 bits per heavy atom. The van der Waals surface area contributed by atoms with Gasteiger partial charge in [-0.1, -0.05) is 49.8 Å². The molecule has 11 atom stereocenters. The number of carbonyl (C=O) groups is 2. The van der Waals surface area contributed by atoms with Gasteiger partial charge in [0.05, 0.1) is 25.7 Å². The van der Waals surface area contributed by atoms with Crippen LogP contribution in [0, 0.1) is 11.8 Å². The fourth-order valence-electron chi connectivity index (χ4n) is 5.07. The number of allylic oxidation sites excluding steroid dienone is 3. The summed E-state index contributed by atoms with van der Waals surface area (Å²) in [6, 6.07) is 0. The van der Waals surface area contributed by atoms with Crippen LogP contribution in [0.25, 0.3) is 0 Å². The first kappa shape index (κ1) is 30.7. The highest BCUT2D eigenvalue weighted by molar-refractivity contribution is 6.30. The number of halogens is 1. The second-order valence-corrected chi connectivity index (χ2v) is 10.5. The average Bonchev–Trinajstić information content (AvgIpc) is 3.47. The number of esters is 2. The second kappa shape index (κ2) is 14.0. The summed E-state index contributed by atoms with van der Waals surface area (Å²) in [7, 11) is 4.35. The fourth-order valence-corrected chi connectivity index (χ4v) is 5.37. The van der Waals surface area contributed by atoms with Gasteiger partial charge in [-0.2, -0.15) is 0 Å². The van der Waals surface area contributed by atoms with Crippen LogP contribution in [0.5, 0.6) is 0 Å². The van der Waals surface area contributed by atoms with Crippen LogP contribution in [0.15, 0.2) is 35.4 Å². The highest BCUT2D eigenvalue weighted by atomic mass is 35.5. The number of hydrogen-bond acceptors (Lipinski definition) is 10. The van der Waals surface area contributed by atoms with Gasteiger partial charge in [0, 0.05) is 25.7 Å². The molecule has 2 N–H and O–H groups in total. The average molecular weight is 559 g/mol. The van der Waals surface area contributed by atoms with E-state index in [1.165, 1.54) is 33.5 Å². The second-order valence-electron chi connectivity index (χ2n) is 10.1. The Kier molecular flexibility index (Phi) is 11.3. The van der Waals surface area contributed by atoms with Crippen molar-refractivity contribution in [2.75, 3.05) is 21.3 Å². The first-order valence-electron chi connectivity index (χ1n) is 12.8. The molecule has 3 aliphatic rings. The molecule has 2 saturated heterocycles. The Bertz CT molecular complexity index is 904. The first-order chi connectivity index (χ1) is 18.1. The number of aliphatic hydroxyl groups is 2. The predicted molar refractivity (Wildman–Crippen MR) is 137 cm³/mol. The number of rotatable bonds is 7. The number of methoxy groups -OCH3 is 3. The maximum Gasteiger partial charge on any atom is 0.335 e. The molecule has 0 amide bonds. The molecule has 2 fully saturated rings. The van der Waals surface area contributed by atoms with E-state index in [4.69, 9.17) is 40.0 Å². The van der Waals surface area contributed by atoms with Gasteiger partial charge in [0.15, 0.2) is 6.10 Å². The lowest BCUT2D eigenvalue weighted by molar-refractivity contribution is -0.172. The van der Waals surface area contributed by atoms with Gasteiger partial charge in [-0.15, -0.1) is 0 Å². The molecule has 0 radical (unpaired) electrons. The van der Waals surface area contributed by atoms with Crippen molar-refractivity contribution in [2.45, 2.75) is 88.0 Å². The van der Waals surface area contributed by atoms with E-state index in [1.54, 1.807) is 12.2 Å². The monoisotopic (exact) mass is 558 g/mol. The molecule has 0 spiro atoms. The molecule has 0 unspecified atom stereocenters. The van der Waals surface area contributed by atoms with E-state index >= 15 is 0 Å². The zero-order valence-corrected chi connectivity index (χ0v) is 23.2. The molecule has 4 bridgehead atoms. The van der Waals surface area contributed by atoms with Crippen LogP contribution in [0.2, 0.25) is 0 Å². The van der Waals surface area contributed by atoms with Crippen LogP contribution in [0.4, 0.5) is 0 Å². The highest BCUT2D eigenvalue weighted by Gasteiger charge is 2.48. The fraction of sp³-hybridized carbons (Fsp3) is 0.704. The standard InChI is InChI=1S/C27H39ClO10/c1-14(11-22(30)34-4)9-10-18(33-3)26-21-13-20(37-26)25(35-5)16(28)7-6-8-17(29)23(31)19-12-15(2)24(36-19)27(32)38-21/h6-10,14-15,17-21,23-26,29,31H,11-13H2,1-5H3/b8-6?,10-9+,16-7-/t14-,15+,17+,18+,19+,20+,21-,23+,24+,25+,26-/m0/s1. The van der Waals surface area contributed by atoms with Crippen molar-refractivity contribution in [3.8, 4) is 0 Å². The van der Waals surface area contributed by atoms with E-state index in [-0.39, 0.29) is 30.6 Å². The predicted octanol–water partition coefficient (Wildman–Crippen LogP) is 2.05. The SMILES string of the molecule is COC(=O)C[C@@H](C)/C=C/[C@@H](OC)[C@@H]1O[C@@H]2C[C@@H]1OC(=O)[C@@H]1O[C@H](C[C@H]1C)[C@H](O)[C@H](O)C=C/C=C(\Cl)[C@H]2OC. The summed E-state index contributed by atoms with van der Waals surface area (Å²) in [5.74, 6) is -1.26. The lowest BCUT2D eigenvalue weighted by Crippen LogP contribution is -2.41. The summed E-state index contributed by atoms with van der Waals surface area (Å²) in [5, 5.41) is 21.3. The van der Waals surface area contributed by atoms with Gasteiger partial charge in [0.1, 0.15) is 36.6 Å². The van der Waals surface area contributed by atoms with Gasteiger partial charge in [-0.3, -0.25) is 4.79 Å². The Labute approximate surface area is 228 Å². The van der Waals surface area contributed by atoms with Crippen molar-refractivity contribution in [1.82, 2.24) is 0 Å². The summed E-state index contributed by atoms with van der Waals surface area (Å²) in [6.45, 7) is 3.71. The van der Waals surface area contributed by atoms with Crippen molar-refractivity contribution in [1.29, 1.82) is 0 Å². The summed E-state index contributed by atoms with van der Waals surface area (Å²) in [5.41, 5.74) is 0. The van der Waals surface area contributed by atoms with E-state index in [0.717, 1.165) is 0 Å². The lowest BCUT2D eigenvalue weighted by atomic mass is 9.97. The third-order valence-corrected chi connectivity index (χ3v) is 7.55. The van der Waals surface area contributed by atoms with E-state index in [2.05, 4.69) is 0 Å². The maximum atomic E-state index is 13.2. The first-order valence-corrected chi connectivity index (χ1v) is 13.2. The van der Waals surface area contributed by atoms with E-state index in [9.17, 15) is 19.8 Å². The van der Waals surface area contributed by atoms with Crippen molar-refractivity contribution < 1.29 is 48.2 Å². The smallest absolute Gasteiger partial charge is 0.335 e. The summed E-state index contributed by atoms with van der Waals surface area (Å²) in [6.07, 6.45) is 1.59. The topological polar surface area (TPSA) is 130 Å². The molecule has 0 saturated carbocycles. The minimum absolute atomic E-state index is 0.119. The molecule has 3 rings (SSSR count). The summed E-state index contributed by atoms with van der Waals surface area (Å²) >= 11 is 6.54. The maximum absolute atomic E-state index is 13.2. The van der Waals surface area contributed by atoms with E-state index in [0.29, 0.717) is 11.5 Å². The zero-order chi connectivity index (χ0) is 28.0. The molecule has 214 valence electrons. The minimum Gasteiger partial charge on any atom is -0.469 e. The van der Waals surface area contributed by atoms with Gasteiger partial charge in [0.2, 0.25) is 0 Å². The van der Waals surface area contributed by atoms with E-state index in [1.807, 2.05) is 19.9 Å². The van der Waals surface area contributed by atoms with Crippen LogP contribution < -0.4 is 0 Å². The van der Waals surface area contributed by atoms with Crippen LogP contribution in [-0.4, -0.2) is 98.4 Å². The van der Waals surface area contributed by atoms with Crippen molar-refractivity contribution in [2.24, 2.45) is 11.8 Å². The quantitative estimate of drug-likeness (QED) is 0.353. The molecule has 10 nitrogen and oxygen atoms in total.